The number of nitrogens with zero attached hydrogens (tertiary/aromatic N) is 1. The van der Waals surface area contributed by atoms with Gasteiger partial charge < -0.3 is 4.74 Å². The van der Waals surface area contributed by atoms with Crippen LogP contribution in [-0.2, 0) is 9.53 Å². The first-order chi connectivity index (χ1) is 12.0. The summed E-state index contributed by atoms with van der Waals surface area (Å²) in [7, 11) is 0. The van der Waals surface area contributed by atoms with Crippen LogP contribution in [-0.4, -0.2) is 29.5 Å². The molecule has 25 heavy (non-hydrogen) atoms. The Balaban J connectivity index is 1.86. The summed E-state index contributed by atoms with van der Waals surface area (Å²) in [4.78, 5) is 34.7. The third-order valence-electron chi connectivity index (χ3n) is 3.27. The maximum atomic E-state index is 12.0. The Labute approximate surface area is 148 Å². The van der Waals surface area contributed by atoms with E-state index in [0.29, 0.717) is 11.1 Å². The van der Waals surface area contributed by atoms with Crippen molar-refractivity contribution in [2.24, 2.45) is 0 Å². The van der Waals surface area contributed by atoms with Gasteiger partial charge in [-0.1, -0.05) is 12.1 Å². The third kappa shape index (κ3) is 5.58. The van der Waals surface area contributed by atoms with Gasteiger partial charge in [-0.25, -0.2) is 4.79 Å². The number of hydrogen-bond acceptors (Lipinski definition) is 6. The van der Waals surface area contributed by atoms with Crippen LogP contribution in [0.25, 0.3) is 6.08 Å². The van der Waals surface area contributed by atoms with Crippen molar-refractivity contribution < 1.29 is 19.2 Å². The summed E-state index contributed by atoms with van der Waals surface area (Å²) < 4.78 is 4.91. The molecule has 0 fully saturated rings. The van der Waals surface area contributed by atoms with Gasteiger partial charge in [0.15, 0.2) is 12.4 Å². The van der Waals surface area contributed by atoms with E-state index in [1.165, 1.54) is 36.4 Å². The minimum Gasteiger partial charge on any atom is -0.454 e. The molecule has 2 aromatic rings. The third-order valence-corrected chi connectivity index (χ3v) is 4.02. The first-order valence-electron chi connectivity index (χ1n) is 7.26. The number of thioether (sulfide) groups is 1. The molecule has 0 aliphatic rings. The first-order valence-corrected chi connectivity index (χ1v) is 8.48. The number of nitro groups is 1. The van der Waals surface area contributed by atoms with Crippen LogP contribution in [0.15, 0.2) is 59.5 Å². The highest BCUT2D eigenvalue weighted by Crippen LogP contribution is 2.15. The molecule has 0 radical (unpaired) electrons. The average molecular weight is 357 g/mol. The van der Waals surface area contributed by atoms with Gasteiger partial charge in [-0.05, 0) is 42.2 Å². The maximum absolute atomic E-state index is 12.0. The van der Waals surface area contributed by atoms with Crippen molar-refractivity contribution in [1.29, 1.82) is 0 Å². The van der Waals surface area contributed by atoms with Crippen molar-refractivity contribution in [2.75, 3.05) is 12.9 Å². The van der Waals surface area contributed by atoms with Crippen LogP contribution in [0, 0.1) is 10.1 Å². The van der Waals surface area contributed by atoms with Gasteiger partial charge in [-0.15, -0.1) is 11.8 Å². The molecule has 0 saturated heterocycles. The number of non-ortho nitro benzene ring substituents is 1. The molecular weight excluding hydrogens is 342 g/mol. The molecule has 0 aliphatic heterocycles. The molecule has 0 atom stereocenters. The normalized spacial score (nSPS) is 10.6. The molecule has 2 aromatic carbocycles. The van der Waals surface area contributed by atoms with Crippen molar-refractivity contribution >= 4 is 35.3 Å². The van der Waals surface area contributed by atoms with E-state index in [1.54, 1.807) is 23.9 Å². The molecule has 0 unspecified atom stereocenters. The number of carbonyl (C=O) groups excluding carboxylic acids is 2. The number of hydrogen-bond donors (Lipinski definition) is 0. The Morgan fingerprint density at radius 1 is 1.12 bits per heavy atom. The second-order valence-corrected chi connectivity index (χ2v) is 5.82. The Morgan fingerprint density at radius 3 is 2.32 bits per heavy atom. The quantitative estimate of drug-likeness (QED) is 0.187. The highest BCUT2D eigenvalue weighted by Gasteiger charge is 2.08. The highest BCUT2D eigenvalue weighted by molar-refractivity contribution is 7.98. The summed E-state index contributed by atoms with van der Waals surface area (Å²) in [5.74, 6) is -0.947. The molecule has 7 heteroatoms. The van der Waals surface area contributed by atoms with Gasteiger partial charge in [-0.2, -0.15) is 0 Å². The van der Waals surface area contributed by atoms with Crippen LogP contribution in [0.2, 0.25) is 0 Å². The van der Waals surface area contributed by atoms with Crippen molar-refractivity contribution in [3.63, 3.8) is 0 Å². The number of ether oxygens (including phenoxy) is 1. The molecule has 6 nitrogen and oxygen atoms in total. The minimum atomic E-state index is -0.660. The van der Waals surface area contributed by atoms with Crippen LogP contribution < -0.4 is 0 Å². The van der Waals surface area contributed by atoms with Gasteiger partial charge in [0.2, 0.25) is 0 Å². The first kappa shape index (κ1) is 18.4. The van der Waals surface area contributed by atoms with Crippen LogP contribution in [0.3, 0.4) is 0 Å². The number of carbonyl (C=O) groups is 2. The average Bonchev–Trinajstić information content (AvgIpc) is 2.64. The van der Waals surface area contributed by atoms with Crippen LogP contribution >= 0.6 is 11.8 Å². The summed E-state index contributed by atoms with van der Waals surface area (Å²) in [6.07, 6.45) is 4.57. The van der Waals surface area contributed by atoms with Crippen LogP contribution in [0.5, 0.6) is 0 Å². The SMILES string of the molecule is CSc1ccc(C(=O)COC(=O)/C=C/c2ccc([N+](=O)[O-])cc2)cc1. The second kappa shape index (κ2) is 8.79. The monoisotopic (exact) mass is 357 g/mol. The topological polar surface area (TPSA) is 86.5 Å². The number of benzene rings is 2. The van der Waals surface area contributed by atoms with E-state index in [2.05, 4.69) is 0 Å². The Morgan fingerprint density at radius 2 is 1.76 bits per heavy atom. The zero-order chi connectivity index (χ0) is 18.2. The molecule has 0 amide bonds. The highest BCUT2D eigenvalue weighted by atomic mass is 32.2. The predicted molar refractivity (Wildman–Crippen MR) is 95.6 cm³/mol. The summed E-state index contributed by atoms with van der Waals surface area (Å²) in [6, 6.07) is 12.7. The van der Waals surface area contributed by atoms with Gasteiger partial charge in [0.05, 0.1) is 4.92 Å². The number of rotatable bonds is 7. The van der Waals surface area contributed by atoms with Crippen molar-refractivity contribution in [3.8, 4) is 0 Å². The molecule has 0 saturated carbocycles. The van der Waals surface area contributed by atoms with Crippen LogP contribution in [0.4, 0.5) is 5.69 Å². The van der Waals surface area contributed by atoms with Gasteiger partial charge in [0, 0.05) is 28.7 Å². The van der Waals surface area contributed by atoms with E-state index in [-0.39, 0.29) is 18.1 Å². The lowest BCUT2D eigenvalue weighted by Gasteiger charge is -2.03. The lowest BCUT2D eigenvalue weighted by Crippen LogP contribution is -2.12. The summed E-state index contributed by atoms with van der Waals surface area (Å²) in [6.45, 7) is -0.345. The van der Waals surface area contributed by atoms with E-state index in [4.69, 9.17) is 4.74 Å². The van der Waals surface area contributed by atoms with Gasteiger partial charge in [0.1, 0.15) is 0 Å². The minimum absolute atomic E-state index is 0.0298. The zero-order valence-corrected chi connectivity index (χ0v) is 14.2. The van der Waals surface area contributed by atoms with E-state index >= 15 is 0 Å². The lowest BCUT2D eigenvalue weighted by molar-refractivity contribution is -0.384. The molecule has 0 heterocycles. The number of Topliss-reactive ketones (excluding diaryl/α,β-unsaturated/α-hetero) is 1. The molecule has 2 rings (SSSR count). The fraction of sp³-hybridized carbons (Fsp3) is 0.111. The van der Waals surface area contributed by atoms with E-state index in [9.17, 15) is 19.7 Å². The second-order valence-electron chi connectivity index (χ2n) is 4.94. The van der Waals surface area contributed by atoms with Crippen LogP contribution in [0.1, 0.15) is 15.9 Å². The largest absolute Gasteiger partial charge is 0.454 e. The fourth-order valence-electron chi connectivity index (χ4n) is 1.92. The number of ketones is 1. The summed E-state index contributed by atoms with van der Waals surface area (Å²) >= 11 is 1.57. The Kier molecular flexibility index (Phi) is 6.47. The predicted octanol–water partition coefficient (Wildman–Crippen LogP) is 3.76. The standard InChI is InChI=1S/C18H15NO5S/c1-25-16-9-5-14(6-10-16)17(20)12-24-18(21)11-4-13-2-7-15(8-3-13)19(22)23/h2-11H,12H2,1H3/b11-4+. The van der Waals surface area contributed by atoms with Crippen molar-refractivity contribution in [1.82, 2.24) is 0 Å². The molecule has 0 spiro atoms. The number of nitro benzene ring substituents is 1. The molecule has 128 valence electrons. The molecule has 0 aliphatic carbocycles. The lowest BCUT2D eigenvalue weighted by atomic mass is 10.1. The smallest absolute Gasteiger partial charge is 0.331 e. The van der Waals surface area contributed by atoms with E-state index < -0.39 is 10.9 Å². The van der Waals surface area contributed by atoms with E-state index in [0.717, 1.165) is 4.90 Å². The molecule has 0 N–H and O–H groups in total. The Bertz CT molecular complexity index is 797. The molecule has 0 bridgehead atoms. The summed E-state index contributed by atoms with van der Waals surface area (Å²) in [5.41, 5.74) is 1.06. The summed E-state index contributed by atoms with van der Waals surface area (Å²) in [5, 5.41) is 10.6. The van der Waals surface area contributed by atoms with Gasteiger partial charge >= 0.3 is 5.97 Å². The van der Waals surface area contributed by atoms with Crippen molar-refractivity contribution in [3.05, 3.63) is 75.8 Å². The van der Waals surface area contributed by atoms with Gasteiger partial charge in [0.25, 0.3) is 5.69 Å². The maximum Gasteiger partial charge on any atom is 0.331 e. The number of esters is 1. The molecule has 0 aromatic heterocycles. The van der Waals surface area contributed by atoms with Crippen molar-refractivity contribution in [2.45, 2.75) is 4.90 Å². The van der Waals surface area contributed by atoms with Gasteiger partial charge in [-0.3, -0.25) is 14.9 Å². The van der Waals surface area contributed by atoms with E-state index in [1.807, 2.05) is 18.4 Å². The Hall–Kier alpha value is -2.93. The fourth-order valence-corrected chi connectivity index (χ4v) is 2.32. The molecular formula is C18H15NO5S. The zero-order valence-electron chi connectivity index (χ0n) is 13.4.